The number of sulfonamides is 1. The lowest BCUT2D eigenvalue weighted by Gasteiger charge is -2.36. The summed E-state index contributed by atoms with van der Waals surface area (Å²) in [6.07, 6.45) is 0.790. The van der Waals surface area contributed by atoms with E-state index in [2.05, 4.69) is 38.8 Å². The highest BCUT2D eigenvalue weighted by Gasteiger charge is 2.19. The molecule has 0 atom stereocenters. The van der Waals surface area contributed by atoms with Crippen molar-refractivity contribution in [2.45, 2.75) is 25.2 Å². The highest BCUT2D eigenvalue weighted by molar-refractivity contribution is 7.89. The number of hydrogen-bond acceptors (Lipinski definition) is 5. The van der Waals surface area contributed by atoms with Crippen molar-refractivity contribution >= 4 is 15.7 Å². The number of ether oxygens (including phenoxy) is 1. The predicted octanol–water partition coefficient (Wildman–Crippen LogP) is 2.80. The van der Waals surface area contributed by atoms with E-state index in [0.29, 0.717) is 11.4 Å². The minimum Gasteiger partial charge on any atom is -0.496 e. The first-order valence-corrected chi connectivity index (χ1v) is 11.6. The zero-order chi connectivity index (χ0) is 20.9. The molecule has 0 unspecified atom stereocenters. The predicted molar refractivity (Wildman–Crippen MR) is 117 cm³/mol. The second-order valence-corrected chi connectivity index (χ2v) is 9.27. The lowest BCUT2D eigenvalue weighted by Crippen LogP contribution is -2.47. The fourth-order valence-corrected chi connectivity index (χ4v) is 5.09. The lowest BCUT2D eigenvalue weighted by atomic mass is 10.1. The molecular weight excluding hydrogens is 386 g/mol. The Morgan fingerprint density at radius 3 is 2.21 bits per heavy atom. The number of para-hydroxylation sites is 1. The molecule has 29 heavy (non-hydrogen) atoms. The second kappa shape index (κ2) is 9.61. The van der Waals surface area contributed by atoms with E-state index in [4.69, 9.17) is 4.74 Å². The van der Waals surface area contributed by atoms with Crippen LogP contribution in [0.5, 0.6) is 5.75 Å². The van der Waals surface area contributed by atoms with Crippen molar-refractivity contribution in [1.29, 1.82) is 0 Å². The number of rotatable bonds is 8. The molecule has 0 aromatic heterocycles. The van der Waals surface area contributed by atoms with Gasteiger partial charge in [0.25, 0.3) is 0 Å². The summed E-state index contributed by atoms with van der Waals surface area (Å²) < 4.78 is 33.3. The molecule has 1 aliphatic heterocycles. The van der Waals surface area contributed by atoms with Gasteiger partial charge in [-0.2, -0.15) is 0 Å². The Kier molecular flexibility index (Phi) is 7.16. The van der Waals surface area contributed by atoms with Gasteiger partial charge in [0.1, 0.15) is 5.75 Å². The summed E-state index contributed by atoms with van der Waals surface area (Å²) in [6, 6.07) is 13.8. The van der Waals surface area contributed by atoms with Crippen LogP contribution in [0, 0.1) is 13.8 Å². The quantitative estimate of drug-likeness (QED) is 0.669. The number of aryl methyl sites for hydroxylation is 2. The largest absolute Gasteiger partial charge is 0.496 e. The van der Waals surface area contributed by atoms with Gasteiger partial charge in [0.05, 0.1) is 12.0 Å². The minimum atomic E-state index is -3.51. The van der Waals surface area contributed by atoms with Gasteiger partial charge in [-0.25, -0.2) is 13.1 Å². The minimum absolute atomic E-state index is 0.296. The fraction of sp³-hybridized carbons (Fsp3) is 0.455. The summed E-state index contributed by atoms with van der Waals surface area (Å²) in [6.45, 7) is 9.05. The van der Waals surface area contributed by atoms with Gasteiger partial charge < -0.3 is 9.64 Å². The molecule has 1 fully saturated rings. The fourth-order valence-electron chi connectivity index (χ4n) is 3.85. The smallest absolute Gasteiger partial charge is 0.240 e. The number of piperazine rings is 1. The van der Waals surface area contributed by atoms with Crippen LogP contribution < -0.4 is 14.4 Å². The zero-order valence-electron chi connectivity index (χ0n) is 17.5. The third kappa shape index (κ3) is 5.50. The molecule has 1 heterocycles. The summed E-state index contributed by atoms with van der Waals surface area (Å²) in [7, 11) is -1.91. The molecule has 1 aliphatic rings. The number of anilines is 1. The van der Waals surface area contributed by atoms with Crippen molar-refractivity contribution in [3.05, 3.63) is 53.6 Å². The highest BCUT2D eigenvalue weighted by Crippen LogP contribution is 2.26. The van der Waals surface area contributed by atoms with Crippen LogP contribution in [0.25, 0.3) is 0 Å². The maximum Gasteiger partial charge on any atom is 0.240 e. The Hall–Kier alpha value is -2.09. The number of benzene rings is 2. The van der Waals surface area contributed by atoms with E-state index in [9.17, 15) is 8.42 Å². The summed E-state index contributed by atoms with van der Waals surface area (Å²) >= 11 is 0. The number of hydrogen-bond donors (Lipinski definition) is 1. The van der Waals surface area contributed by atoms with Crippen LogP contribution >= 0.6 is 0 Å². The van der Waals surface area contributed by atoms with Gasteiger partial charge in [-0.15, -0.1) is 0 Å². The Balaban J connectivity index is 1.45. The van der Waals surface area contributed by atoms with E-state index in [-0.39, 0.29) is 0 Å². The molecule has 0 bridgehead atoms. The third-order valence-electron chi connectivity index (χ3n) is 5.39. The first kappa shape index (κ1) is 21.6. The van der Waals surface area contributed by atoms with Crippen molar-refractivity contribution in [2.75, 3.05) is 51.3 Å². The van der Waals surface area contributed by atoms with E-state index in [1.807, 2.05) is 19.9 Å². The van der Waals surface area contributed by atoms with E-state index in [1.165, 1.54) is 5.69 Å². The number of nitrogens with one attached hydrogen (secondary N) is 1. The monoisotopic (exact) mass is 417 g/mol. The SMILES string of the molecule is COc1c(C)cc(S(=O)(=O)NCCCN2CCN(c3ccccc3)CC2)cc1C. The molecule has 6 nitrogen and oxygen atoms in total. The molecule has 158 valence electrons. The van der Waals surface area contributed by atoms with E-state index >= 15 is 0 Å². The normalized spacial score (nSPS) is 15.5. The van der Waals surface area contributed by atoms with Gasteiger partial charge in [0.15, 0.2) is 0 Å². The van der Waals surface area contributed by atoms with Gasteiger partial charge in [0.2, 0.25) is 10.0 Å². The first-order valence-electron chi connectivity index (χ1n) is 10.1. The lowest BCUT2D eigenvalue weighted by molar-refractivity contribution is 0.255. The van der Waals surface area contributed by atoms with Crippen LogP contribution in [0.1, 0.15) is 17.5 Å². The molecule has 2 aromatic carbocycles. The highest BCUT2D eigenvalue weighted by atomic mass is 32.2. The summed E-state index contributed by atoms with van der Waals surface area (Å²) in [5, 5.41) is 0. The van der Waals surface area contributed by atoms with E-state index < -0.39 is 10.0 Å². The summed E-state index contributed by atoms with van der Waals surface area (Å²) in [5.74, 6) is 0.735. The second-order valence-electron chi connectivity index (χ2n) is 7.51. The van der Waals surface area contributed by atoms with Crippen LogP contribution in [0.4, 0.5) is 5.69 Å². The van der Waals surface area contributed by atoms with Gasteiger partial charge in [-0.3, -0.25) is 4.90 Å². The average Bonchev–Trinajstić information content (AvgIpc) is 2.72. The van der Waals surface area contributed by atoms with Gasteiger partial charge in [0, 0.05) is 38.4 Å². The van der Waals surface area contributed by atoms with Crippen molar-refractivity contribution in [2.24, 2.45) is 0 Å². The van der Waals surface area contributed by atoms with Crippen molar-refractivity contribution < 1.29 is 13.2 Å². The molecule has 0 radical (unpaired) electrons. The van der Waals surface area contributed by atoms with Crippen LogP contribution in [0.2, 0.25) is 0 Å². The van der Waals surface area contributed by atoms with Gasteiger partial charge in [-0.05, 0) is 62.2 Å². The molecular formula is C22H31N3O3S. The third-order valence-corrected chi connectivity index (χ3v) is 6.83. The Morgan fingerprint density at radius 1 is 1.00 bits per heavy atom. The molecule has 3 rings (SSSR count). The van der Waals surface area contributed by atoms with Crippen LogP contribution in [-0.4, -0.2) is 59.7 Å². The Morgan fingerprint density at radius 2 is 1.62 bits per heavy atom. The van der Waals surface area contributed by atoms with Crippen LogP contribution in [-0.2, 0) is 10.0 Å². The number of nitrogens with zero attached hydrogens (tertiary/aromatic N) is 2. The van der Waals surface area contributed by atoms with Crippen molar-refractivity contribution in [3.8, 4) is 5.75 Å². The van der Waals surface area contributed by atoms with E-state index in [1.54, 1.807) is 19.2 Å². The van der Waals surface area contributed by atoms with Crippen molar-refractivity contribution in [1.82, 2.24) is 9.62 Å². The summed E-state index contributed by atoms with van der Waals surface area (Å²) in [5.41, 5.74) is 2.92. The molecule has 0 saturated carbocycles. The van der Waals surface area contributed by atoms with Gasteiger partial charge in [-0.1, -0.05) is 18.2 Å². The maximum atomic E-state index is 12.6. The first-order chi connectivity index (χ1) is 13.9. The van der Waals surface area contributed by atoms with Crippen LogP contribution in [0.15, 0.2) is 47.4 Å². The molecule has 2 aromatic rings. The topological polar surface area (TPSA) is 61.9 Å². The Bertz CT molecular complexity index is 885. The summed E-state index contributed by atoms with van der Waals surface area (Å²) in [4.78, 5) is 5.09. The number of methoxy groups -OCH3 is 1. The van der Waals surface area contributed by atoms with Crippen LogP contribution in [0.3, 0.4) is 0 Å². The molecule has 1 N–H and O–H groups in total. The van der Waals surface area contributed by atoms with Gasteiger partial charge >= 0.3 is 0 Å². The average molecular weight is 418 g/mol. The molecule has 1 saturated heterocycles. The Labute approximate surface area is 174 Å². The zero-order valence-corrected chi connectivity index (χ0v) is 18.3. The standard InChI is InChI=1S/C22H31N3O3S/c1-18-16-21(17-19(2)22(18)28-3)29(26,27)23-10-7-11-24-12-14-25(15-13-24)20-8-5-4-6-9-20/h4-6,8-9,16-17,23H,7,10-15H2,1-3H3. The maximum absolute atomic E-state index is 12.6. The molecule has 0 spiro atoms. The molecule has 7 heteroatoms. The van der Waals surface area contributed by atoms with Crippen molar-refractivity contribution in [3.63, 3.8) is 0 Å². The molecule has 0 aliphatic carbocycles. The molecule has 0 amide bonds. The van der Waals surface area contributed by atoms with E-state index in [0.717, 1.165) is 56.0 Å².